The van der Waals surface area contributed by atoms with Gasteiger partial charge in [-0.2, -0.15) is 0 Å². The number of benzene rings is 2. The summed E-state index contributed by atoms with van der Waals surface area (Å²) >= 11 is 0. The third-order valence-corrected chi connectivity index (χ3v) is 7.81. The van der Waals surface area contributed by atoms with Crippen molar-refractivity contribution < 1.29 is 29.6 Å². The standard InChI is InChI=1S/C31H37NO6/c1-18(12-21-13-19(2)29(35)20(3)14-21)10-11-26(34)27-22(17-38-4)15-24-28(25(27)16-33)31(37)32(30(24)36)23-8-6-5-7-9-23/h5-9,12-14,24-26,28,33-35H,10-11,15-17H2,1-4H3/b18-12+/t24-,25+,26-,28-/m1/s1. The Morgan fingerprint density at radius 1 is 1.13 bits per heavy atom. The molecule has 2 aliphatic rings. The number of aromatic hydroxyl groups is 1. The summed E-state index contributed by atoms with van der Waals surface area (Å²) in [5.41, 5.74) is 5.57. The Morgan fingerprint density at radius 3 is 2.39 bits per heavy atom. The predicted molar refractivity (Wildman–Crippen MR) is 146 cm³/mol. The van der Waals surface area contributed by atoms with E-state index in [9.17, 15) is 24.9 Å². The lowest BCUT2D eigenvalue weighted by atomic mass is 9.68. The number of allylic oxidation sites excluding steroid dienone is 1. The molecule has 7 nitrogen and oxygen atoms in total. The molecule has 0 saturated carbocycles. The van der Waals surface area contributed by atoms with Gasteiger partial charge >= 0.3 is 0 Å². The maximum absolute atomic E-state index is 13.5. The number of imide groups is 1. The van der Waals surface area contributed by atoms with Gasteiger partial charge in [0, 0.05) is 13.0 Å². The third kappa shape index (κ3) is 5.32. The average molecular weight is 520 g/mol. The lowest BCUT2D eigenvalue weighted by Crippen LogP contribution is -2.39. The number of carbonyl (C=O) groups is 2. The number of phenols is 1. The van der Waals surface area contributed by atoms with Crippen LogP contribution >= 0.6 is 0 Å². The van der Waals surface area contributed by atoms with Crippen LogP contribution in [0.4, 0.5) is 5.69 Å². The van der Waals surface area contributed by atoms with Crippen LogP contribution in [-0.4, -0.2) is 53.6 Å². The molecule has 1 heterocycles. The van der Waals surface area contributed by atoms with E-state index in [2.05, 4.69) is 0 Å². The van der Waals surface area contributed by atoms with Gasteiger partial charge in [0.15, 0.2) is 0 Å². The van der Waals surface area contributed by atoms with E-state index >= 15 is 0 Å². The van der Waals surface area contributed by atoms with Crippen LogP contribution in [0.1, 0.15) is 42.9 Å². The molecular formula is C31H37NO6. The highest BCUT2D eigenvalue weighted by atomic mass is 16.5. The number of hydrogen-bond donors (Lipinski definition) is 3. The second kappa shape index (κ2) is 11.6. The summed E-state index contributed by atoms with van der Waals surface area (Å²) < 4.78 is 5.42. The van der Waals surface area contributed by atoms with Crippen LogP contribution in [-0.2, 0) is 14.3 Å². The summed E-state index contributed by atoms with van der Waals surface area (Å²) in [6.45, 7) is 5.60. The van der Waals surface area contributed by atoms with Crippen molar-refractivity contribution in [2.75, 3.05) is 25.2 Å². The van der Waals surface area contributed by atoms with E-state index in [1.807, 2.05) is 45.0 Å². The van der Waals surface area contributed by atoms with E-state index in [1.54, 1.807) is 31.4 Å². The van der Waals surface area contributed by atoms with E-state index in [0.29, 0.717) is 36.3 Å². The Hall–Kier alpha value is -3.26. The normalized spacial score (nSPS) is 22.7. The summed E-state index contributed by atoms with van der Waals surface area (Å²) in [5.74, 6) is -2.29. The molecule has 1 aliphatic heterocycles. The summed E-state index contributed by atoms with van der Waals surface area (Å²) in [4.78, 5) is 28.1. The Kier molecular flexibility index (Phi) is 8.51. The first-order chi connectivity index (χ1) is 18.2. The minimum Gasteiger partial charge on any atom is -0.507 e. The molecule has 2 aromatic carbocycles. The van der Waals surface area contributed by atoms with Crippen molar-refractivity contribution in [2.24, 2.45) is 17.8 Å². The Morgan fingerprint density at radius 2 is 1.79 bits per heavy atom. The highest BCUT2D eigenvalue weighted by Crippen LogP contribution is 2.47. The van der Waals surface area contributed by atoms with E-state index in [0.717, 1.165) is 27.8 Å². The second-order valence-corrected chi connectivity index (χ2v) is 10.5. The van der Waals surface area contributed by atoms with E-state index < -0.39 is 23.9 Å². The maximum Gasteiger partial charge on any atom is 0.238 e. The molecule has 2 aromatic rings. The average Bonchev–Trinajstić information content (AvgIpc) is 3.14. The molecule has 2 amide bonds. The first-order valence-electron chi connectivity index (χ1n) is 13.1. The number of aliphatic hydroxyl groups is 2. The Bertz CT molecular complexity index is 1240. The molecule has 0 aromatic heterocycles. The second-order valence-electron chi connectivity index (χ2n) is 10.5. The van der Waals surface area contributed by atoms with Crippen molar-refractivity contribution in [3.05, 3.63) is 75.9 Å². The van der Waals surface area contributed by atoms with Gasteiger partial charge in [-0.1, -0.05) is 29.8 Å². The monoisotopic (exact) mass is 519 g/mol. The van der Waals surface area contributed by atoms with Crippen LogP contribution < -0.4 is 4.90 Å². The molecule has 1 aliphatic carbocycles. The van der Waals surface area contributed by atoms with Gasteiger partial charge in [-0.25, -0.2) is 0 Å². The molecule has 38 heavy (non-hydrogen) atoms. The number of rotatable bonds is 9. The fraction of sp³-hybridized carbons (Fsp3) is 0.419. The van der Waals surface area contributed by atoms with Crippen molar-refractivity contribution in [3.63, 3.8) is 0 Å². The number of fused-ring (bicyclic) bond motifs is 1. The number of carbonyl (C=O) groups excluding carboxylic acids is 2. The van der Waals surface area contributed by atoms with Gasteiger partial charge in [0.2, 0.25) is 11.8 Å². The molecule has 4 rings (SSSR count). The highest BCUT2D eigenvalue weighted by molar-refractivity contribution is 6.22. The number of aliphatic hydroxyl groups excluding tert-OH is 2. The van der Waals surface area contributed by atoms with Crippen molar-refractivity contribution in [1.29, 1.82) is 0 Å². The van der Waals surface area contributed by atoms with E-state index in [1.165, 1.54) is 4.90 Å². The van der Waals surface area contributed by atoms with Crippen molar-refractivity contribution in [2.45, 2.75) is 46.1 Å². The number of methoxy groups -OCH3 is 1. The first-order valence-corrected chi connectivity index (χ1v) is 13.1. The summed E-state index contributed by atoms with van der Waals surface area (Å²) in [6, 6.07) is 12.7. The van der Waals surface area contributed by atoms with Crippen molar-refractivity contribution >= 4 is 23.6 Å². The number of anilines is 1. The third-order valence-electron chi connectivity index (χ3n) is 7.81. The number of nitrogens with zero attached hydrogens (tertiary/aromatic N) is 1. The van der Waals surface area contributed by atoms with Gasteiger partial charge in [-0.15, -0.1) is 0 Å². The molecular weight excluding hydrogens is 482 g/mol. The van der Waals surface area contributed by atoms with Crippen LogP contribution in [0.5, 0.6) is 5.75 Å². The number of phenolic OH excluding ortho intramolecular Hbond substituents is 1. The van der Waals surface area contributed by atoms with Gasteiger partial charge in [0.25, 0.3) is 0 Å². The number of para-hydroxylation sites is 1. The van der Waals surface area contributed by atoms with Crippen LogP contribution in [0.25, 0.3) is 6.08 Å². The number of aryl methyl sites for hydroxylation is 2. The van der Waals surface area contributed by atoms with Crippen molar-refractivity contribution in [3.8, 4) is 5.75 Å². The molecule has 1 fully saturated rings. The summed E-state index contributed by atoms with van der Waals surface area (Å²) in [6.07, 6.45) is 2.46. The van der Waals surface area contributed by atoms with Crippen LogP contribution in [0.2, 0.25) is 0 Å². The summed E-state index contributed by atoms with van der Waals surface area (Å²) in [5, 5.41) is 31.9. The molecule has 0 unspecified atom stereocenters. The quantitative estimate of drug-likeness (QED) is 0.337. The first kappa shape index (κ1) is 27.8. The Balaban J connectivity index is 1.58. The zero-order chi connectivity index (χ0) is 27.6. The van der Waals surface area contributed by atoms with E-state index in [-0.39, 0.29) is 25.0 Å². The zero-order valence-corrected chi connectivity index (χ0v) is 22.5. The molecule has 7 heteroatoms. The Labute approximate surface area is 224 Å². The lowest BCUT2D eigenvalue weighted by molar-refractivity contribution is -0.123. The molecule has 1 saturated heterocycles. The number of hydrogen-bond acceptors (Lipinski definition) is 6. The topological polar surface area (TPSA) is 107 Å². The number of ether oxygens (including phenoxy) is 1. The molecule has 4 atom stereocenters. The molecule has 0 radical (unpaired) electrons. The zero-order valence-electron chi connectivity index (χ0n) is 22.5. The maximum atomic E-state index is 13.5. The SMILES string of the molecule is COCC1=C([C@H](O)CC/C(C)=C/c2cc(C)c(O)c(C)c2)[C@H](CO)[C@@H]2C(=O)N(c3ccccc3)C(=O)[C@@H]2C1. The van der Waals surface area contributed by atoms with Gasteiger partial charge in [0.1, 0.15) is 5.75 Å². The molecule has 202 valence electrons. The summed E-state index contributed by atoms with van der Waals surface area (Å²) in [7, 11) is 1.56. The van der Waals surface area contributed by atoms with Gasteiger partial charge < -0.3 is 20.1 Å². The van der Waals surface area contributed by atoms with Crippen LogP contribution in [0.3, 0.4) is 0 Å². The minimum atomic E-state index is -0.890. The van der Waals surface area contributed by atoms with Crippen LogP contribution in [0, 0.1) is 31.6 Å². The highest BCUT2D eigenvalue weighted by Gasteiger charge is 2.55. The largest absolute Gasteiger partial charge is 0.507 e. The van der Waals surface area contributed by atoms with Gasteiger partial charge in [0.05, 0.1) is 36.8 Å². The van der Waals surface area contributed by atoms with Crippen molar-refractivity contribution in [1.82, 2.24) is 0 Å². The predicted octanol–water partition coefficient (Wildman–Crippen LogP) is 4.31. The molecule has 3 N–H and O–H groups in total. The number of amides is 2. The molecule has 0 bridgehead atoms. The van der Waals surface area contributed by atoms with Gasteiger partial charge in [-0.05, 0) is 92.1 Å². The smallest absolute Gasteiger partial charge is 0.238 e. The fourth-order valence-corrected chi connectivity index (χ4v) is 6.05. The minimum absolute atomic E-state index is 0.222. The van der Waals surface area contributed by atoms with Crippen LogP contribution in [0.15, 0.2) is 59.2 Å². The lowest BCUT2D eigenvalue weighted by Gasteiger charge is -2.36. The van der Waals surface area contributed by atoms with E-state index in [4.69, 9.17) is 4.74 Å². The fourth-order valence-electron chi connectivity index (χ4n) is 6.05. The van der Waals surface area contributed by atoms with Gasteiger partial charge in [-0.3, -0.25) is 14.5 Å². The molecule has 0 spiro atoms.